The van der Waals surface area contributed by atoms with Gasteiger partial charge in [0.2, 0.25) is 0 Å². The Hall–Kier alpha value is -3.11. The molecule has 128 valence electrons. The van der Waals surface area contributed by atoms with Crippen LogP contribution in [0.4, 0.5) is 13.2 Å². The Morgan fingerprint density at radius 3 is 2.62 bits per heavy atom. The second-order valence-corrected chi connectivity index (χ2v) is 4.71. The van der Waals surface area contributed by atoms with Crippen LogP contribution in [0.1, 0.15) is 34.4 Å². The lowest BCUT2D eigenvalue weighted by Gasteiger charge is -2.03. The second-order valence-electron chi connectivity index (χ2n) is 4.71. The Labute approximate surface area is 132 Å². The Bertz CT molecular complexity index is 867. The fraction of sp³-hybridized carbons (Fsp3) is 0.231. The summed E-state index contributed by atoms with van der Waals surface area (Å²) in [5, 5.41) is 18.2. The maximum atomic E-state index is 12.4. The molecule has 2 aromatic rings. The summed E-state index contributed by atoms with van der Waals surface area (Å²) in [5.41, 5.74) is -1.04. The predicted molar refractivity (Wildman–Crippen MR) is 74.6 cm³/mol. The molecule has 0 saturated carbocycles. The van der Waals surface area contributed by atoms with Crippen molar-refractivity contribution in [1.29, 1.82) is 0 Å². The van der Waals surface area contributed by atoms with Gasteiger partial charge in [0.25, 0.3) is 5.91 Å². The Morgan fingerprint density at radius 2 is 2.08 bits per heavy atom. The minimum atomic E-state index is -4.67. The third kappa shape index (κ3) is 3.62. The molecule has 24 heavy (non-hydrogen) atoms. The molecule has 0 atom stereocenters. The van der Waals surface area contributed by atoms with Crippen molar-refractivity contribution in [1.82, 2.24) is 15.6 Å². The Kier molecular flexibility index (Phi) is 4.44. The molecule has 2 heterocycles. The highest BCUT2D eigenvalue weighted by Gasteiger charge is 2.33. The summed E-state index contributed by atoms with van der Waals surface area (Å²) < 4.78 is 42.0. The maximum absolute atomic E-state index is 12.4. The molecule has 0 fully saturated rings. The van der Waals surface area contributed by atoms with Gasteiger partial charge in [0.1, 0.15) is 22.8 Å². The van der Waals surface area contributed by atoms with Crippen molar-refractivity contribution in [3.8, 4) is 5.75 Å². The van der Waals surface area contributed by atoms with Gasteiger partial charge in [-0.3, -0.25) is 9.89 Å². The molecule has 0 aliphatic heterocycles. The molecule has 8 nitrogen and oxygen atoms in total. The summed E-state index contributed by atoms with van der Waals surface area (Å²) in [6, 6.07) is 1.69. The highest BCUT2D eigenvalue weighted by atomic mass is 19.4. The quantitative estimate of drug-likeness (QED) is 0.576. The summed E-state index contributed by atoms with van der Waals surface area (Å²) in [6.07, 6.45) is -4.67. The first-order chi connectivity index (χ1) is 11.1. The number of hydrogen-bond donors (Lipinski definition) is 3. The molecule has 0 bridgehead atoms. The number of H-pyrrole nitrogens is 1. The van der Waals surface area contributed by atoms with E-state index < -0.39 is 34.8 Å². The summed E-state index contributed by atoms with van der Waals surface area (Å²) in [7, 11) is 0. The summed E-state index contributed by atoms with van der Waals surface area (Å²) in [6.45, 7) is 2.75. The van der Waals surface area contributed by atoms with E-state index in [1.165, 1.54) is 19.9 Å². The van der Waals surface area contributed by atoms with E-state index in [2.05, 4.69) is 10.2 Å². The summed E-state index contributed by atoms with van der Waals surface area (Å²) in [5.74, 6) is -1.26. The number of carbonyl (C=O) groups is 1. The lowest BCUT2D eigenvalue weighted by molar-refractivity contribution is -0.141. The van der Waals surface area contributed by atoms with Gasteiger partial charge >= 0.3 is 11.8 Å². The first-order valence-electron chi connectivity index (χ1n) is 6.41. The number of hydrazone groups is 1. The summed E-state index contributed by atoms with van der Waals surface area (Å²) in [4.78, 5) is 23.4. The molecule has 3 N–H and O–H groups in total. The zero-order chi connectivity index (χ0) is 18.1. The number of aromatic nitrogens is 2. The highest BCUT2D eigenvalue weighted by Crippen LogP contribution is 2.27. The number of halogens is 3. The minimum absolute atomic E-state index is 0.0961. The second kappa shape index (κ2) is 6.18. The third-order valence-corrected chi connectivity index (χ3v) is 2.86. The van der Waals surface area contributed by atoms with Gasteiger partial charge in [-0.15, -0.1) is 0 Å². The minimum Gasteiger partial charge on any atom is -0.507 e. The van der Waals surface area contributed by atoms with Crippen LogP contribution in [0.3, 0.4) is 0 Å². The zero-order valence-corrected chi connectivity index (χ0v) is 12.4. The fourth-order valence-corrected chi connectivity index (χ4v) is 1.76. The van der Waals surface area contributed by atoms with E-state index >= 15 is 0 Å². The average Bonchev–Trinajstić information content (AvgIpc) is 2.93. The number of aromatic amines is 1. The number of nitrogens with zero attached hydrogens (tertiary/aromatic N) is 2. The summed E-state index contributed by atoms with van der Waals surface area (Å²) >= 11 is 0. The van der Waals surface area contributed by atoms with E-state index in [1.807, 2.05) is 5.43 Å². The molecular weight excluding hydrogens is 333 g/mol. The van der Waals surface area contributed by atoms with Gasteiger partial charge in [-0.2, -0.15) is 23.4 Å². The number of carbonyl (C=O) groups excluding carboxylic acids is 1. The van der Waals surface area contributed by atoms with Crippen molar-refractivity contribution >= 4 is 11.6 Å². The molecular formula is C13H11F3N4O4. The van der Waals surface area contributed by atoms with Crippen LogP contribution >= 0.6 is 0 Å². The smallest absolute Gasteiger partial charge is 0.432 e. The molecule has 0 unspecified atom stereocenters. The molecule has 0 aromatic carbocycles. The Balaban J connectivity index is 2.20. The molecule has 2 aromatic heterocycles. The fourth-order valence-electron chi connectivity index (χ4n) is 1.76. The molecule has 11 heteroatoms. The van der Waals surface area contributed by atoms with Crippen LogP contribution in [0.25, 0.3) is 0 Å². The van der Waals surface area contributed by atoms with Crippen molar-refractivity contribution in [2.75, 3.05) is 0 Å². The van der Waals surface area contributed by atoms with Gasteiger partial charge in [-0.25, -0.2) is 10.2 Å². The van der Waals surface area contributed by atoms with Crippen LogP contribution in [0, 0.1) is 6.92 Å². The van der Waals surface area contributed by atoms with Crippen molar-refractivity contribution in [3.05, 3.63) is 45.3 Å². The Morgan fingerprint density at radius 1 is 1.42 bits per heavy atom. The largest absolute Gasteiger partial charge is 0.507 e. The van der Waals surface area contributed by atoms with Gasteiger partial charge in [-0.1, -0.05) is 0 Å². The van der Waals surface area contributed by atoms with Crippen LogP contribution in [-0.2, 0) is 6.18 Å². The molecule has 0 aliphatic rings. The third-order valence-electron chi connectivity index (χ3n) is 2.86. The van der Waals surface area contributed by atoms with Crippen LogP contribution in [0.15, 0.2) is 26.4 Å². The first-order valence-corrected chi connectivity index (χ1v) is 6.41. The molecule has 1 amide bonds. The molecule has 0 saturated heterocycles. The highest BCUT2D eigenvalue weighted by molar-refractivity contribution is 6.01. The van der Waals surface area contributed by atoms with Crippen LogP contribution in [-0.4, -0.2) is 26.9 Å². The van der Waals surface area contributed by atoms with Gasteiger partial charge in [0.15, 0.2) is 5.69 Å². The lowest BCUT2D eigenvalue weighted by atomic mass is 10.2. The number of hydrogen-bond acceptors (Lipinski definition) is 6. The standard InChI is InChI=1S/C13H11F3N4O4/c1-5-3-8(21)10(12(23)24-5)6(2)17-20-11(22)7-4-9(19-18-7)13(14,15)16/h3-4,21H,1-2H3,(H,18,19)(H,20,22). The number of amides is 1. The van der Waals surface area contributed by atoms with Crippen molar-refractivity contribution in [2.24, 2.45) is 5.10 Å². The van der Waals surface area contributed by atoms with E-state index in [4.69, 9.17) is 4.42 Å². The van der Waals surface area contributed by atoms with Crippen LogP contribution in [0.5, 0.6) is 5.75 Å². The monoisotopic (exact) mass is 344 g/mol. The zero-order valence-electron chi connectivity index (χ0n) is 12.4. The normalized spacial score (nSPS) is 12.3. The molecule has 2 rings (SSSR count). The van der Waals surface area contributed by atoms with E-state index in [1.54, 1.807) is 5.10 Å². The van der Waals surface area contributed by atoms with Gasteiger partial charge in [-0.05, 0) is 13.8 Å². The molecule has 0 radical (unpaired) electrons. The average molecular weight is 344 g/mol. The number of aromatic hydroxyl groups is 1. The van der Waals surface area contributed by atoms with Gasteiger partial charge < -0.3 is 9.52 Å². The molecule has 0 aliphatic carbocycles. The number of aryl methyl sites for hydroxylation is 1. The van der Waals surface area contributed by atoms with E-state index in [0.29, 0.717) is 6.07 Å². The van der Waals surface area contributed by atoms with Crippen LogP contribution < -0.4 is 11.1 Å². The van der Waals surface area contributed by atoms with E-state index in [9.17, 15) is 27.9 Å². The van der Waals surface area contributed by atoms with Crippen molar-refractivity contribution in [3.63, 3.8) is 0 Å². The van der Waals surface area contributed by atoms with Gasteiger partial charge in [0, 0.05) is 12.1 Å². The van der Waals surface area contributed by atoms with Crippen molar-refractivity contribution in [2.45, 2.75) is 20.0 Å². The number of nitrogens with one attached hydrogen (secondary N) is 2. The molecule has 0 spiro atoms. The first kappa shape index (κ1) is 17.2. The SMILES string of the molecule is CC(=NNC(=O)c1cc(C(F)(F)F)[nH]n1)c1c(O)cc(C)oc1=O. The maximum Gasteiger partial charge on any atom is 0.432 e. The topological polar surface area (TPSA) is 121 Å². The van der Waals surface area contributed by atoms with E-state index in [0.717, 1.165) is 0 Å². The van der Waals surface area contributed by atoms with Gasteiger partial charge in [0.05, 0.1) is 5.71 Å². The number of alkyl halides is 3. The number of rotatable bonds is 3. The van der Waals surface area contributed by atoms with Crippen molar-refractivity contribution < 1.29 is 27.5 Å². The lowest BCUT2D eigenvalue weighted by Crippen LogP contribution is -2.22. The van der Waals surface area contributed by atoms with Crippen LogP contribution in [0.2, 0.25) is 0 Å². The predicted octanol–water partition coefficient (Wildman–Crippen LogP) is 1.55. The van der Waals surface area contributed by atoms with E-state index in [-0.39, 0.29) is 17.0 Å².